The van der Waals surface area contributed by atoms with Crippen molar-refractivity contribution in [3.63, 3.8) is 0 Å². The smallest absolute Gasteiger partial charge is 0.335 e. The predicted molar refractivity (Wildman–Crippen MR) is 95.7 cm³/mol. The lowest BCUT2D eigenvalue weighted by atomic mass is 9.85. The third kappa shape index (κ3) is 7.01. The Bertz CT molecular complexity index is 604. The monoisotopic (exact) mass is 389 g/mol. The second kappa shape index (κ2) is 9.39. The molecular formula is C19H27F4N3O. The number of hydrogen-bond donors (Lipinski definition) is 1. The molecule has 0 spiro atoms. The standard InChI is InChI=1S/C19H27F4N3O/c1-25(2)10-11-26(13-14-6-8-16(20)9-7-14)18(27)24-17-5-3-4-15(12-17)19(21,22)23/h6-9,15,17H,3-5,10-13H2,1-2H3,(H,24,27). The number of urea groups is 1. The number of nitrogens with zero attached hydrogens (tertiary/aromatic N) is 2. The lowest BCUT2D eigenvalue weighted by molar-refractivity contribution is -0.183. The molecule has 0 heterocycles. The molecule has 1 aliphatic carbocycles. The first-order chi connectivity index (χ1) is 12.6. The van der Waals surface area contributed by atoms with Gasteiger partial charge in [0.2, 0.25) is 0 Å². The van der Waals surface area contributed by atoms with Gasteiger partial charge >= 0.3 is 12.2 Å². The van der Waals surface area contributed by atoms with Gasteiger partial charge in [-0.25, -0.2) is 9.18 Å². The van der Waals surface area contributed by atoms with E-state index in [9.17, 15) is 22.4 Å². The fraction of sp³-hybridized carbons (Fsp3) is 0.632. The number of halogens is 4. The van der Waals surface area contributed by atoms with Gasteiger partial charge in [-0.15, -0.1) is 0 Å². The second-order valence-corrected chi connectivity index (χ2v) is 7.40. The molecule has 1 aromatic carbocycles. The summed E-state index contributed by atoms with van der Waals surface area (Å²) in [5.41, 5.74) is 0.766. The van der Waals surface area contributed by atoms with Crippen molar-refractivity contribution in [2.45, 2.75) is 44.4 Å². The number of likely N-dealkylation sites (N-methyl/N-ethyl adjacent to an activating group) is 1. The molecule has 1 saturated carbocycles. The number of carbonyl (C=O) groups excluding carboxylic acids is 1. The van der Waals surface area contributed by atoms with Gasteiger partial charge in [0, 0.05) is 25.7 Å². The van der Waals surface area contributed by atoms with Crippen LogP contribution < -0.4 is 5.32 Å². The average molecular weight is 389 g/mol. The Morgan fingerprint density at radius 1 is 1.15 bits per heavy atom. The van der Waals surface area contributed by atoms with E-state index in [2.05, 4.69) is 5.32 Å². The zero-order valence-electron chi connectivity index (χ0n) is 15.7. The average Bonchev–Trinajstić information content (AvgIpc) is 2.59. The summed E-state index contributed by atoms with van der Waals surface area (Å²) in [7, 11) is 3.76. The topological polar surface area (TPSA) is 35.6 Å². The third-order valence-electron chi connectivity index (χ3n) is 4.86. The Morgan fingerprint density at radius 2 is 1.81 bits per heavy atom. The van der Waals surface area contributed by atoms with Crippen molar-refractivity contribution in [2.75, 3.05) is 27.2 Å². The van der Waals surface area contributed by atoms with E-state index < -0.39 is 18.1 Å². The van der Waals surface area contributed by atoms with Crippen LogP contribution in [0.25, 0.3) is 0 Å². The molecule has 8 heteroatoms. The van der Waals surface area contributed by atoms with Crippen LogP contribution in [0.1, 0.15) is 31.2 Å². The summed E-state index contributed by atoms with van der Waals surface area (Å²) < 4.78 is 52.0. The van der Waals surface area contributed by atoms with Crippen LogP contribution in [0.2, 0.25) is 0 Å². The maximum atomic E-state index is 13.1. The Balaban J connectivity index is 2.00. The molecule has 0 saturated heterocycles. The minimum Gasteiger partial charge on any atom is -0.335 e. The van der Waals surface area contributed by atoms with Crippen LogP contribution >= 0.6 is 0 Å². The fourth-order valence-corrected chi connectivity index (χ4v) is 3.27. The van der Waals surface area contributed by atoms with Gasteiger partial charge in [0.25, 0.3) is 0 Å². The first kappa shape index (κ1) is 21.5. The highest BCUT2D eigenvalue weighted by Gasteiger charge is 2.42. The van der Waals surface area contributed by atoms with E-state index in [1.165, 1.54) is 12.1 Å². The Hall–Kier alpha value is -1.83. The minimum absolute atomic E-state index is 0.0761. The number of nitrogens with one attached hydrogen (secondary N) is 1. The summed E-state index contributed by atoms with van der Waals surface area (Å²) >= 11 is 0. The maximum absolute atomic E-state index is 13.1. The van der Waals surface area contributed by atoms with Crippen LogP contribution in [0.5, 0.6) is 0 Å². The van der Waals surface area contributed by atoms with Gasteiger partial charge in [-0.1, -0.05) is 18.6 Å². The molecule has 1 fully saturated rings. The van der Waals surface area contributed by atoms with Gasteiger partial charge in [-0.3, -0.25) is 0 Å². The molecular weight excluding hydrogens is 362 g/mol. The number of amides is 2. The van der Waals surface area contributed by atoms with E-state index in [0.717, 1.165) is 5.56 Å². The normalized spacial score (nSPS) is 20.6. The van der Waals surface area contributed by atoms with Crippen LogP contribution in [0.15, 0.2) is 24.3 Å². The van der Waals surface area contributed by atoms with E-state index in [4.69, 9.17) is 0 Å². The van der Waals surface area contributed by atoms with E-state index in [0.29, 0.717) is 25.9 Å². The van der Waals surface area contributed by atoms with Gasteiger partial charge in [-0.2, -0.15) is 13.2 Å². The van der Waals surface area contributed by atoms with Crippen molar-refractivity contribution < 1.29 is 22.4 Å². The summed E-state index contributed by atoms with van der Waals surface area (Å²) in [5, 5.41) is 2.77. The molecule has 2 amide bonds. The molecule has 0 radical (unpaired) electrons. The quantitative estimate of drug-likeness (QED) is 0.746. The predicted octanol–water partition coefficient (Wildman–Crippen LogP) is 4.02. The number of alkyl halides is 3. The van der Waals surface area contributed by atoms with Crippen molar-refractivity contribution >= 4 is 6.03 Å². The van der Waals surface area contributed by atoms with Gasteiger partial charge in [0.05, 0.1) is 5.92 Å². The molecule has 2 rings (SSSR count). The highest BCUT2D eigenvalue weighted by atomic mass is 19.4. The SMILES string of the molecule is CN(C)CCN(Cc1ccc(F)cc1)C(=O)NC1CCCC(C(F)(F)F)C1. The second-order valence-electron chi connectivity index (χ2n) is 7.40. The first-order valence-electron chi connectivity index (χ1n) is 9.16. The van der Waals surface area contributed by atoms with Crippen LogP contribution in [0.3, 0.4) is 0 Å². The number of rotatable bonds is 6. The van der Waals surface area contributed by atoms with E-state index >= 15 is 0 Å². The number of carbonyl (C=O) groups is 1. The summed E-state index contributed by atoms with van der Waals surface area (Å²) in [6, 6.07) is 5.00. The molecule has 2 unspecified atom stereocenters. The van der Waals surface area contributed by atoms with Crippen LogP contribution in [0.4, 0.5) is 22.4 Å². The van der Waals surface area contributed by atoms with Crippen molar-refractivity contribution in [1.82, 2.24) is 15.1 Å². The summed E-state index contributed by atoms with van der Waals surface area (Å²) in [6.45, 7) is 1.31. The fourth-order valence-electron chi connectivity index (χ4n) is 3.27. The molecule has 1 aliphatic rings. The minimum atomic E-state index is -4.22. The third-order valence-corrected chi connectivity index (χ3v) is 4.86. The molecule has 152 valence electrons. The van der Waals surface area contributed by atoms with Crippen LogP contribution in [-0.4, -0.2) is 55.2 Å². The number of benzene rings is 1. The van der Waals surface area contributed by atoms with Gasteiger partial charge in [-0.05, 0) is 51.1 Å². The lowest BCUT2D eigenvalue weighted by Gasteiger charge is -2.33. The zero-order valence-corrected chi connectivity index (χ0v) is 15.7. The van der Waals surface area contributed by atoms with Crippen LogP contribution in [0, 0.1) is 11.7 Å². The molecule has 4 nitrogen and oxygen atoms in total. The highest BCUT2D eigenvalue weighted by Crippen LogP contribution is 2.37. The summed E-state index contributed by atoms with van der Waals surface area (Å²) in [5.74, 6) is -1.72. The molecule has 1 aromatic rings. The van der Waals surface area contributed by atoms with E-state index in [1.807, 2.05) is 19.0 Å². The van der Waals surface area contributed by atoms with E-state index in [-0.39, 0.29) is 31.2 Å². The Morgan fingerprint density at radius 3 is 2.41 bits per heavy atom. The maximum Gasteiger partial charge on any atom is 0.391 e. The Kier molecular flexibility index (Phi) is 7.47. The molecule has 27 heavy (non-hydrogen) atoms. The van der Waals surface area contributed by atoms with Gasteiger partial charge in [0.15, 0.2) is 0 Å². The van der Waals surface area contributed by atoms with Gasteiger partial charge in [0.1, 0.15) is 5.82 Å². The summed E-state index contributed by atoms with van der Waals surface area (Å²) in [6.07, 6.45) is -3.17. The molecule has 0 bridgehead atoms. The number of hydrogen-bond acceptors (Lipinski definition) is 2. The molecule has 1 N–H and O–H groups in total. The lowest BCUT2D eigenvalue weighted by Crippen LogP contribution is -2.48. The molecule has 0 aromatic heterocycles. The molecule has 2 atom stereocenters. The van der Waals surface area contributed by atoms with Gasteiger partial charge < -0.3 is 15.1 Å². The van der Waals surface area contributed by atoms with Crippen LogP contribution in [-0.2, 0) is 6.54 Å². The Labute approximate surface area is 157 Å². The van der Waals surface area contributed by atoms with Crippen molar-refractivity contribution in [1.29, 1.82) is 0 Å². The first-order valence-corrected chi connectivity index (χ1v) is 9.16. The van der Waals surface area contributed by atoms with Crippen molar-refractivity contribution in [3.8, 4) is 0 Å². The van der Waals surface area contributed by atoms with E-state index in [1.54, 1.807) is 17.0 Å². The van der Waals surface area contributed by atoms with Crippen molar-refractivity contribution in [3.05, 3.63) is 35.6 Å². The molecule has 0 aliphatic heterocycles. The summed E-state index contributed by atoms with van der Waals surface area (Å²) in [4.78, 5) is 16.2. The highest BCUT2D eigenvalue weighted by molar-refractivity contribution is 5.74. The van der Waals surface area contributed by atoms with Crippen molar-refractivity contribution in [2.24, 2.45) is 5.92 Å². The largest absolute Gasteiger partial charge is 0.391 e. The zero-order chi connectivity index (χ0) is 20.0.